The van der Waals surface area contributed by atoms with Gasteiger partial charge >= 0.3 is 12.1 Å². The summed E-state index contributed by atoms with van der Waals surface area (Å²) in [5, 5.41) is 0.388. The van der Waals surface area contributed by atoms with Gasteiger partial charge in [-0.3, -0.25) is 14.4 Å². The quantitative estimate of drug-likeness (QED) is 0.734. The van der Waals surface area contributed by atoms with E-state index in [9.17, 15) is 24.0 Å². The summed E-state index contributed by atoms with van der Waals surface area (Å²) in [5.41, 5.74) is 0.722. The molecule has 0 N–H and O–H groups in total. The number of carbonyl (C=O) groups is 5. The molecule has 2 heterocycles. The van der Waals surface area contributed by atoms with E-state index in [2.05, 4.69) is 0 Å². The van der Waals surface area contributed by atoms with Gasteiger partial charge in [0.15, 0.2) is 0 Å². The fourth-order valence-corrected chi connectivity index (χ4v) is 2.73. The fourth-order valence-electron chi connectivity index (χ4n) is 2.73. The minimum atomic E-state index is -1.23. The second-order valence-corrected chi connectivity index (χ2v) is 5.85. The van der Waals surface area contributed by atoms with Crippen LogP contribution in [0.4, 0.5) is 4.79 Å². The zero-order valence-corrected chi connectivity index (χ0v) is 13.8. The number of hydrogen-bond acceptors (Lipinski definition) is 7. The maximum atomic E-state index is 12.3. The van der Waals surface area contributed by atoms with Crippen molar-refractivity contribution in [2.24, 2.45) is 0 Å². The molecular weight excluding hydrogens is 344 g/mol. The number of nitrogens with zero attached hydrogens (tertiary/aromatic N) is 2. The molecule has 4 amide bonds. The van der Waals surface area contributed by atoms with E-state index in [-0.39, 0.29) is 32.3 Å². The molecule has 2 aliphatic heterocycles. The molecule has 9 heteroatoms. The molecule has 0 radical (unpaired) electrons. The highest BCUT2D eigenvalue weighted by molar-refractivity contribution is 6.03. The lowest BCUT2D eigenvalue weighted by atomic mass is 10.2. The number of amides is 4. The standard InChI is InChI=1S/C17H16N2O7/c20-13-7-6-12(16(23)26-19-14(21)8-9-15(19)22)18(13)17(24)25-10-11-4-2-1-3-5-11/h1-5,12H,6-10H2. The molecule has 2 fully saturated rings. The number of likely N-dealkylation sites (tertiary alicyclic amines) is 1. The summed E-state index contributed by atoms with van der Waals surface area (Å²) < 4.78 is 5.09. The predicted octanol–water partition coefficient (Wildman–Crippen LogP) is 0.921. The fraction of sp³-hybridized carbons (Fsp3) is 0.353. The Morgan fingerprint density at radius 3 is 2.27 bits per heavy atom. The van der Waals surface area contributed by atoms with Crippen LogP contribution in [0.25, 0.3) is 0 Å². The van der Waals surface area contributed by atoms with Gasteiger partial charge in [0.1, 0.15) is 12.6 Å². The second-order valence-electron chi connectivity index (χ2n) is 5.85. The van der Waals surface area contributed by atoms with Crippen LogP contribution in [-0.2, 0) is 35.4 Å². The molecule has 2 saturated heterocycles. The van der Waals surface area contributed by atoms with Gasteiger partial charge in [0.05, 0.1) is 0 Å². The van der Waals surface area contributed by atoms with E-state index in [0.717, 1.165) is 5.56 Å². The molecule has 0 saturated carbocycles. The van der Waals surface area contributed by atoms with Crippen LogP contribution in [0.5, 0.6) is 0 Å². The van der Waals surface area contributed by atoms with Gasteiger partial charge in [-0.15, -0.1) is 5.06 Å². The van der Waals surface area contributed by atoms with Crippen molar-refractivity contribution in [2.45, 2.75) is 38.3 Å². The highest BCUT2D eigenvalue weighted by Gasteiger charge is 2.44. The maximum absolute atomic E-state index is 12.3. The molecule has 1 aromatic carbocycles. The Balaban J connectivity index is 1.64. The van der Waals surface area contributed by atoms with Crippen LogP contribution in [0.3, 0.4) is 0 Å². The van der Waals surface area contributed by atoms with Crippen molar-refractivity contribution in [3.63, 3.8) is 0 Å². The molecule has 1 unspecified atom stereocenters. The van der Waals surface area contributed by atoms with Crippen LogP contribution in [0.15, 0.2) is 30.3 Å². The van der Waals surface area contributed by atoms with Crippen LogP contribution in [0.2, 0.25) is 0 Å². The average molecular weight is 360 g/mol. The van der Waals surface area contributed by atoms with E-state index in [1.807, 2.05) is 6.07 Å². The molecule has 0 aromatic heterocycles. The Morgan fingerprint density at radius 2 is 1.62 bits per heavy atom. The third kappa shape index (κ3) is 3.56. The Kier molecular flexibility index (Phi) is 4.97. The van der Waals surface area contributed by atoms with Crippen LogP contribution >= 0.6 is 0 Å². The lowest BCUT2D eigenvalue weighted by Gasteiger charge is -2.22. The Bertz CT molecular complexity index is 746. The molecule has 1 aromatic rings. The minimum absolute atomic E-state index is 0.0360. The molecule has 3 rings (SSSR count). The maximum Gasteiger partial charge on any atom is 0.417 e. The molecule has 1 atom stereocenters. The molecule has 26 heavy (non-hydrogen) atoms. The summed E-state index contributed by atoms with van der Waals surface area (Å²) in [5.74, 6) is -2.86. The summed E-state index contributed by atoms with van der Waals surface area (Å²) in [6.45, 7) is -0.0612. The second kappa shape index (κ2) is 7.34. The largest absolute Gasteiger partial charge is 0.444 e. The first-order valence-electron chi connectivity index (χ1n) is 8.07. The number of imide groups is 2. The van der Waals surface area contributed by atoms with Gasteiger partial charge in [0.25, 0.3) is 11.8 Å². The Labute approximate surface area is 148 Å². The molecule has 2 aliphatic rings. The number of hydroxylamine groups is 2. The summed E-state index contributed by atoms with van der Waals surface area (Å²) in [7, 11) is 0. The van der Waals surface area contributed by atoms with Gasteiger partial charge in [-0.2, -0.15) is 0 Å². The molecule has 9 nitrogen and oxygen atoms in total. The molecule has 0 spiro atoms. The van der Waals surface area contributed by atoms with E-state index >= 15 is 0 Å². The van der Waals surface area contributed by atoms with E-state index < -0.39 is 35.8 Å². The van der Waals surface area contributed by atoms with Crippen LogP contribution in [-0.4, -0.2) is 45.8 Å². The molecule has 0 aliphatic carbocycles. The first kappa shape index (κ1) is 17.6. The highest BCUT2D eigenvalue weighted by atomic mass is 16.7. The first-order chi connectivity index (χ1) is 12.5. The van der Waals surface area contributed by atoms with E-state index in [4.69, 9.17) is 9.57 Å². The first-order valence-corrected chi connectivity index (χ1v) is 8.07. The van der Waals surface area contributed by atoms with Crippen molar-refractivity contribution in [1.29, 1.82) is 0 Å². The third-order valence-corrected chi connectivity index (χ3v) is 4.07. The normalized spacial score (nSPS) is 19.8. The van der Waals surface area contributed by atoms with Gasteiger partial charge in [0, 0.05) is 19.3 Å². The van der Waals surface area contributed by atoms with Gasteiger partial charge in [-0.1, -0.05) is 30.3 Å². The number of hydrogen-bond donors (Lipinski definition) is 0. The summed E-state index contributed by atoms with van der Waals surface area (Å²) in [4.78, 5) is 65.0. The van der Waals surface area contributed by atoms with E-state index in [1.165, 1.54) is 0 Å². The summed E-state index contributed by atoms with van der Waals surface area (Å²) >= 11 is 0. The lowest BCUT2D eigenvalue weighted by molar-refractivity contribution is -0.200. The number of carbonyl (C=O) groups excluding carboxylic acids is 5. The van der Waals surface area contributed by atoms with Gasteiger partial charge in [0.2, 0.25) is 5.91 Å². The Hall–Kier alpha value is -3.23. The van der Waals surface area contributed by atoms with Gasteiger partial charge in [-0.25, -0.2) is 14.5 Å². The van der Waals surface area contributed by atoms with Crippen LogP contribution in [0, 0.1) is 0 Å². The van der Waals surface area contributed by atoms with Crippen molar-refractivity contribution >= 4 is 29.8 Å². The molecule has 0 bridgehead atoms. The SMILES string of the molecule is O=C(ON1C(=O)CCC1=O)C1CCC(=O)N1C(=O)OCc1ccccc1. The third-order valence-electron chi connectivity index (χ3n) is 4.07. The zero-order chi connectivity index (χ0) is 18.7. The van der Waals surface area contributed by atoms with E-state index in [1.54, 1.807) is 24.3 Å². The summed E-state index contributed by atoms with van der Waals surface area (Å²) in [6.07, 6.45) is -1.06. The van der Waals surface area contributed by atoms with Gasteiger partial charge < -0.3 is 9.57 Å². The van der Waals surface area contributed by atoms with Crippen molar-refractivity contribution in [1.82, 2.24) is 9.96 Å². The van der Waals surface area contributed by atoms with Crippen LogP contribution in [0.1, 0.15) is 31.2 Å². The number of ether oxygens (including phenoxy) is 1. The zero-order valence-electron chi connectivity index (χ0n) is 13.8. The van der Waals surface area contributed by atoms with Crippen molar-refractivity contribution in [2.75, 3.05) is 0 Å². The topological polar surface area (TPSA) is 110 Å². The minimum Gasteiger partial charge on any atom is -0.444 e. The van der Waals surface area contributed by atoms with Crippen molar-refractivity contribution in [3.05, 3.63) is 35.9 Å². The number of rotatable bonds is 4. The predicted molar refractivity (Wildman–Crippen MR) is 83.7 cm³/mol. The molecular formula is C17H16N2O7. The number of benzene rings is 1. The van der Waals surface area contributed by atoms with E-state index in [0.29, 0.717) is 9.96 Å². The summed E-state index contributed by atoms with van der Waals surface area (Å²) in [6, 6.07) is 7.61. The lowest BCUT2D eigenvalue weighted by Crippen LogP contribution is -2.46. The van der Waals surface area contributed by atoms with Crippen LogP contribution < -0.4 is 0 Å². The molecule has 136 valence electrons. The highest BCUT2D eigenvalue weighted by Crippen LogP contribution is 2.23. The van der Waals surface area contributed by atoms with Crippen molar-refractivity contribution < 1.29 is 33.5 Å². The monoisotopic (exact) mass is 360 g/mol. The van der Waals surface area contributed by atoms with Gasteiger partial charge in [-0.05, 0) is 12.0 Å². The van der Waals surface area contributed by atoms with Crippen molar-refractivity contribution in [3.8, 4) is 0 Å². The average Bonchev–Trinajstić information content (AvgIpc) is 3.17. The Morgan fingerprint density at radius 1 is 0.962 bits per heavy atom. The smallest absolute Gasteiger partial charge is 0.417 e.